The summed E-state index contributed by atoms with van der Waals surface area (Å²) in [6.45, 7) is 4.36. The van der Waals surface area contributed by atoms with Crippen molar-refractivity contribution in [3.05, 3.63) is 81.3 Å². The van der Waals surface area contributed by atoms with Crippen LogP contribution in [0.4, 0.5) is 5.69 Å². The number of aromatic nitrogens is 1. The number of hydrogen-bond acceptors (Lipinski definition) is 3. The molecule has 4 rings (SSSR count). The van der Waals surface area contributed by atoms with Gasteiger partial charge in [-0.25, -0.2) is 4.98 Å². The number of nitrogens with one attached hydrogen (secondary N) is 1. The highest BCUT2D eigenvalue weighted by atomic mass is 79.9. The molecule has 1 heterocycles. The van der Waals surface area contributed by atoms with Crippen LogP contribution in [0.2, 0.25) is 5.02 Å². The fourth-order valence-electron chi connectivity index (χ4n) is 3.19. The van der Waals surface area contributed by atoms with Gasteiger partial charge < -0.3 is 9.73 Å². The van der Waals surface area contributed by atoms with Crippen LogP contribution in [0.1, 0.15) is 42.1 Å². The average molecular weight is 484 g/mol. The maximum absolute atomic E-state index is 12.6. The van der Waals surface area contributed by atoms with Crippen LogP contribution in [0.25, 0.3) is 22.6 Å². The van der Waals surface area contributed by atoms with Crippen molar-refractivity contribution in [3.8, 4) is 11.5 Å². The highest BCUT2D eigenvalue weighted by Gasteiger charge is 2.14. The number of fused-ring (bicyclic) bond motifs is 1. The molecule has 0 radical (unpaired) electrons. The molecule has 0 unspecified atom stereocenters. The summed E-state index contributed by atoms with van der Waals surface area (Å²) in [5.41, 5.74) is 4.56. The normalized spacial score (nSPS) is 12.1. The lowest BCUT2D eigenvalue weighted by molar-refractivity contribution is 0.102. The van der Waals surface area contributed by atoms with Crippen molar-refractivity contribution in [2.24, 2.45) is 0 Å². The van der Waals surface area contributed by atoms with Gasteiger partial charge in [-0.2, -0.15) is 0 Å². The Bertz CT molecular complexity index is 1240. The van der Waals surface area contributed by atoms with E-state index in [4.69, 9.17) is 16.0 Å². The van der Waals surface area contributed by atoms with Crippen LogP contribution in [0.3, 0.4) is 0 Å². The molecule has 0 spiro atoms. The number of oxazole rings is 1. The molecule has 4 nitrogen and oxygen atoms in total. The van der Waals surface area contributed by atoms with E-state index < -0.39 is 0 Å². The predicted octanol–water partition coefficient (Wildman–Crippen LogP) is 7.68. The molecule has 0 fully saturated rings. The Balaban J connectivity index is 1.65. The van der Waals surface area contributed by atoms with Gasteiger partial charge in [0.1, 0.15) is 5.52 Å². The first kappa shape index (κ1) is 20.6. The van der Waals surface area contributed by atoms with Crippen LogP contribution >= 0.6 is 27.5 Å². The summed E-state index contributed by atoms with van der Waals surface area (Å²) in [6.07, 6.45) is 1.06. The lowest BCUT2D eigenvalue weighted by Gasteiger charge is -2.09. The minimum atomic E-state index is -0.244. The molecule has 1 amide bonds. The van der Waals surface area contributed by atoms with E-state index in [0.29, 0.717) is 28.1 Å². The summed E-state index contributed by atoms with van der Waals surface area (Å²) in [5.74, 6) is 0.706. The van der Waals surface area contributed by atoms with Crippen molar-refractivity contribution in [1.29, 1.82) is 0 Å². The van der Waals surface area contributed by atoms with E-state index in [9.17, 15) is 4.79 Å². The van der Waals surface area contributed by atoms with Gasteiger partial charge in [0.05, 0.1) is 10.7 Å². The van der Waals surface area contributed by atoms with Crippen LogP contribution in [0.15, 0.2) is 69.6 Å². The number of carbonyl (C=O) groups excluding carboxylic acids is 1. The van der Waals surface area contributed by atoms with E-state index in [2.05, 4.69) is 52.2 Å². The standard InChI is InChI=1S/C24H20BrClN2O2/c1-3-14(2)15-8-10-22-21(12-15)28-24(30-22)17-7-9-19(26)20(13-17)27-23(29)16-5-4-6-18(25)11-16/h4-14H,3H2,1-2H3,(H,27,29)/t14-/m1/s1. The number of rotatable bonds is 5. The average Bonchev–Trinajstić information content (AvgIpc) is 3.18. The van der Waals surface area contributed by atoms with Gasteiger partial charge in [-0.15, -0.1) is 0 Å². The number of halogens is 2. The molecule has 1 atom stereocenters. The molecule has 3 aromatic carbocycles. The molecular weight excluding hydrogens is 464 g/mol. The van der Waals surface area contributed by atoms with E-state index in [1.165, 1.54) is 5.56 Å². The second kappa shape index (κ2) is 8.62. The lowest BCUT2D eigenvalue weighted by Crippen LogP contribution is -2.12. The second-order valence-corrected chi connectivity index (χ2v) is 8.54. The van der Waals surface area contributed by atoms with Crippen molar-refractivity contribution < 1.29 is 9.21 Å². The first-order valence-corrected chi connectivity index (χ1v) is 10.9. The Morgan fingerprint density at radius 1 is 1.17 bits per heavy atom. The quantitative estimate of drug-likeness (QED) is 0.317. The van der Waals surface area contributed by atoms with Crippen LogP contribution in [-0.2, 0) is 0 Å². The van der Waals surface area contributed by atoms with Crippen LogP contribution in [-0.4, -0.2) is 10.9 Å². The third-order valence-corrected chi connectivity index (χ3v) is 5.96. The molecule has 1 N–H and O–H groups in total. The third-order valence-electron chi connectivity index (χ3n) is 5.14. The van der Waals surface area contributed by atoms with Gasteiger partial charge in [0.25, 0.3) is 5.91 Å². The highest BCUT2D eigenvalue weighted by Crippen LogP contribution is 2.32. The molecule has 152 valence electrons. The van der Waals surface area contributed by atoms with Gasteiger partial charge in [0, 0.05) is 15.6 Å². The topological polar surface area (TPSA) is 55.1 Å². The van der Waals surface area contributed by atoms with Gasteiger partial charge in [0.2, 0.25) is 5.89 Å². The number of hydrogen-bond donors (Lipinski definition) is 1. The lowest BCUT2D eigenvalue weighted by atomic mass is 9.98. The Kier molecular flexibility index (Phi) is 5.93. The van der Waals surface area contributed by atoms with Crippen LogP contribution in [0, 0.1) is 0 Å². The maximum Gasteiger partial charge on any atom is 0.255 e. The first-order valence-electron chi connectivity index (χ1n) is 9.72. The summed E-state index contributed by atoms with van der Waals surface area (Å²) < 4.78 is 6.78. The zero-order valence-corrected chi connectivity index (χ0v) is 18.9. The highest BCUT2D eigenvalue weighted by molar-refractivity contribution is 9.10. The summed E-state index contributed by atoms with van der Waals surface area (Å²) >= 11 is 9.70. The molecule has 0 saturated carbocycles. The number of amides is 1. The molecule has 0 saturated heterocycles. The number of benzene rings is 3. The smallest absolute Gasteiger partial charge is 0.255 e. The first-order chi connectivity index (χ1) is 14.4. The predicted molar refractivity (Wildman–Crippen MR) is 125 cm³/mol. The Morgan fingerprint density at radius 2 is 2.00 bits per heavy atom. The van der Waals surface area contributed by atoms with Gasteiger partial charge in [-0.05, 0) is 66.4 Å². The summed E-state index contributed by atoms with van der Waals surface area (Å²) in [5, 5.41) is 3.31. The van der Waals surface area contributed by atoms with E-state index in [1.807, 2.05) is 24.3 Å². The largest absolute Gasteiger partial charge is 0.436 e. The fraction of sp³-hybridized carbons (Fsp3) is 0.167. The van der Waals surface area contributed by atoms with Gasteiger partial charge in [0.15, 0.2) is 5.58 Å². The second-order valence-electron chi connectivity index (χ2n) is 7.21. The van der Waals surface area contributed by atoms with Crippen molar-refractivity contribution >= 4 is 50.2 Å². The van der Waals surface area contributed by atoms with Crippen molar-refractivity contribution in [2.75, 3.05) is 5.32 Å². The van der Waals surface area contributed by atoms with Crippen LogP contribution in [0.5, 0.6) is 0 Å². The summed E-state index contributed by atoms with van der Waals surface area (Å²) in [7, 11) is 0. The Morgan fingerprint density at radius 3 is 2.77 bits per heavy atom. The Labute approximate surface area is 188 Å². The fourth-order valence-corrected chi connectivity index (χ4v) is 3.75. The molecule has 1 aromatic heterocycles. The van der Waals surface area contributed by atoms with Gasteiger partial charge in [-0.3, -0.25) is 4.79 Å². The van der Waals surface area contributed by atoms with E-state index in [-0.39, 0.29) is 5.91 Å². The Hall–Kier alpha value is -2.63. The molecule has 0 aliphatic heterocycles. The third kappa shape index (κ3) is 4.27. The minimum Gasteiger partial charge on any atom is -0.436 e. The van der Waals surface area contributed by atoms with Crippen LogP contribution < -0.4 is 5.32 Å². The number of carbonyl (C=O) groups is 1. The summed E-state index contributed by atoms with van der Waals surface area (Å²) in [4.78, 5) is 17.3. The number of nitrogens with zero attached hydrogens (tertiary/aromatic N) is 1. The molecule has 0 bridgehead atoms. The molecular formula is C24H20BrClN2O2. The number of anilines is 1. The SMILES string of the molecule is CC[C@@H](C)c1ccc2oc(-c3ccc(Cl)c(NC(=O)c4cccc(Br)c4)c3)nc2c1. The van der Waals surface area contributed by atoms with E-state index >= 15 is 0 Å². The van der Waals surface area contributed by atoms with Crippen molar-refractivity contribution in [1.82, 2.24) is 4.98 Å². The molecule has 0 aliphatic rings. The van der Waals surface area contributed by atoms with Gasteiger partial charge >= 0.3 is 0 Å². The van der Waals surface area contributed by atoms with Gasteiger partial charge in [-0.1, -0.05) is 53.5 Å². The van der Waals surface area contributed by atoms with Crippen molar-refractivity contribution in [2.45, 2.75) is 26.2 Å². The van der Waals surface area contributed by atoms with E-state index in [1.54, 1.807) is 24.3 Å². The summed E-state index contributed by atoms with van der Waals surface area (Å²) in [6, 6.07) is 18.6. The van der Waals surface area contributed by atoms with E-state index in [0.717, 1.165) is 27.6 Å². The molecule has 0 aliphatic carbocycles. The minimum absolute atomic E-state index is 0.244. The van der Waals surface area contributed by atoms with Crippen molar-refractivity contribution in [3.63, 3.8) is 0 Å². The monoisotopic (exact) mass is 482 g/mol. The zero-order chi connectivity index (χ0) is 21.3. The molecule has 4 aromatic rings. The maximum atomic E-state index is 12.6. The zero-order valence-electron chi connectivity index (χ0n) is 16.6. The molecule has 6 heteroatoms. The molecule has 30 heavy (non-hydrogen) atoms.